The summed E-state index contributed by atoms with van der Waals surface area (Å²) in [5.41, 5.74) is 2.46. The number of alkyl halides is 2. The lowest BCUT2D eigenvalue weighted by Gasteiger charge is -2.34. The maximum atomic E-state index is 13.0. The number of hydrogen-bond donors (Lipinski definition) is 0. The van der Waals surface area contributed by atoms with Gasteiger partial charge in [-0.1, -0.05) is 29.8 Å². The van der Waals surface area contributed by atoms with Crippen molar-refractivity contribution in [2.75, 3.05) is 26.2 Å². The van der Waals surface area contributed by atoms with Crippen LogP contribution < -0.4 is 0 Å². The number of nitrogens with zero attached hydrogens (tertiary/aromatic N) is 4. The minimum absolute atomic E-state index is 0.0235. The molecule has 1 aliphatic heterocycles. The summed E-state index contributed by atoms with van der Waals surface area (Å²) >= 11 is 0. The molecule has 1 aromatic carbocycles. The van der Waals surface area contributed by atoms with Gasteiger partial charge in [-0.2, -0.15) is 18.2 Å². The van der Waals surface area contributed by atoms with Crippen LogP contribution in [0.25, 0.3) is 0 Å². The fraction of sp³-hybridized carbons (Fsp3) is 0.500. The lowest BCUT2D eigenvalue weighted by Crippen LogP contribution is -2.48. The van der Waals surface area contributed by atoms with Crippen molar-refractivity contribution >= 4 is 10.0 Å². The molecule has 148 valence electrons. The molecular formula is C18H24F2N4O2S. The first-order valence-electron chi connectivity index (χ1n) is 8.82. The van der Waals surface area contributed by atoms with E-state index in [1.807, 2.05) is 6.92 Å². The van der Waals surface area contributed by atoms with E-state index in [4.69, 9.17) is 0 Å². The molecule has 1 aromatic heterocycles. The molecule has 0 saturated carbocycles. The van der Waals surface area contributed by atoms with Crippen molar-refractivity contribution in [3.05, 3.63) is 46.8 Å². The zero-order chi connectivity index (χ0) is 19.8. The Bertz CT molecular complexity index is 902. The molecule has 2 aromatic rings. The first-order valence-corrected chi connectivity index (χ1v) is 10.3. The zero-order valence-corrected chi connectivity index (χ0v) is 16.5. The molecule has 1 saturated heterocycles. The molecule has 3 rings (SSSR count). The number of halogens is 2. The largest absolute Gasteiger partial charge is 0.333 e. The van der Waals surface area contributed by atoms with Crippen LogP contribution in [-0.2, 0) is 16.6 Å². The Morgan fingerprint density at radius 1 is 1.04 bits per heavy atom. The fourth-order valence-electron chi connectivity index (χ4n) is 3.42. The van der Waals surface area contributed by atoms with E-state index < -0.39 is 16.6 Å². The smallest absolute Gasteiger partial charge is 0.296 e. The summed E-state index contributed by atoms with van der Waals surface area (Å²) in [6.07, 6.45) is 0. The van der Waals surface area contributed by atoms with Crippen LogP contribution >= 0.6 is 0 Å². The molecular weight excluding hydrogens is 374 g/mol. The first kappa shape index (κ1) is 19.9. The highest BCUT2D eigenvalue weighted by Crippen LogP contribution is 2.27. The van der Waals surface area contributed by atoms with Gasteiger partial charge in [-0.25, -0.2) is 13.1 Å². The van der Waals surface area contributed by atoms with Crippen LogP contribution in [0.4, 0.5) is 8.78 Å². The Kier molecular flexibility index (Phi) is 5.64. The van der Waals surface area contributed by atoms with E-state index in [9.17, 15) is 17.2 Å². The van der Waals surface area contributed by atoms with Crippen molar-refractivity contribution in [2.24, 2.45) is 0 Å². The summed E-state index contributed by atoms with van der Waals surface area (Å²) in [4.78, 5) is 2.09. The third kappa shape index (κ3) is 4.04. The van der Waals surface area contributed by atoms with Crippen molar-refractivity contribution in [1.82, 2.24) is 19.0 Å². The van der Waals surface area contributed by atoms with E-state index in [1.165, 1.54) is 29.3 Å². The van der Waals surface area contributed by atoms with Crippen molar-refractivity contribution in [3.8, 4) is 0 Å². The minimum atomic E-state index is -3.85. The van der Waals surface area contributed by atoms with Gasteiger partial charge in [0.1, 0.15) is 4.90 Å². The molecule has 6 nitrogen and oxygen atoms in total. The maximum Gasteiger partial charge on any atom is 0.333 e. The normalized spacial score (nSPS) is 17.0. The third-order valence-corrected chi connectivity index (χ3v) is 7.05. The molecule has 2 heterocycles. The maximum absolute atomic E-state index is 13.0. The molecule has 0 spiro atoms. The van der Waals surface area contributed by atoms with Crippen LogP contribution in [0.5, 0.6) is 0 Å². The number of hydrogen-bond acceptors (Lipinski definition) is 4. The second-order valence-electron chi connectivity index (χ2n) is 6.89. The third-order valence-electron chi connectivity index (χ3n) is 4.90. The van der Waals surface area contributed by atoms with Crippen molar-refractivity contribution in [1.29, 1.82) is 0 Å². The van der Waals surface area contributed by atoms with E-state index in [0.29, 0.717) is 30.9 Å². The predicted molar refractivity (Wildman–Crippen MR) is 98.2 cm³/mol. The van der Waals surface area contributed by atoms with Gasteiger partial charge in [-0.15, -0.1) is 0 Å². The summed E-state index contributed by atoms with van der Waals surface area (Å²) < 4.78 is 53.8. The SMILES string of the molecule is Cc1ccc(CN2CCN(S(=O)(=O)c3c(C)nn(C(F)F)c3C)CC2)cc1. The Labute approximate surface area is 158 Å². The summed E-state index contributed by atoms with van der Waals surface area (Å²) in [6, 6.07) is 8.26. The van der Waals surface area contributed by atoms with Gasteiger partial charge in [0.25, 0.3) is 0 Å². The molecule has 1 aliphatic rings. The zero-order valence-electron chi connectivity index (χ0n) is 15.7. The van der Waals surface area contributed by atoms with Crippen molar-refractivity contribution in [3.63, 3.8) is 0 Å². The Morgan fingerprint density at radius 2 is 1.63 bits per heavy atom. The quantitative estimate of drug-likeness (QED) is 0.777. The number of aromatic nitrogens is 2. The molecule has 1 fully saturated rings. The second kappa shape index (κ2) is 7.65. The highest BCUT2D eigenvalue weighted by atomic mass is 32.2. The van der Waals surface area contributed by atoms with Crippen LogP contribution in [0.1, 0.15) is 29.1 Å². The Morgan fingerprint density at radius 3 is 2.15 bits per heavy atom. The number of aryl methyl sites for hydroxylation is 2. The molecule has 0 bridgehead atoms. The minimum Gasteiger partial charge on any atom is -0.296 e. The average Bonchev–Trinajstić information content (AvgIpc) is 2.93. The Hall–Kier alpha value is -1.84. The molecule has 0 N–H and O–H groups in total. The highest BCUT2D eigenvalue weighted by molar-refractivity contribution is 7.89. The lowest BCUT2D eigenvalue weighted by atomic mass is 10.1. The van der Waals surface area contributed by atoms with Gasteiger partial charge < -0.3 is 0 Å². The van der Waals surface area contributed by atoms with Crippen LogP contribution in [0.2, 0.25) is 0 Å². The van der Waals surface area contributed by atoms with Gasteiger partial charge in [-0.3, -0.25) is 4.90 Å². The van der Waals surface area contributed by atoms with E-state index in [-0.39, 0.29) is 16.3 Å². The Balaban J connectivity index is 1.71. The highest BCUT2D eigenvalue weighted by Gasteiger charge is 2.34. The van der Waals surface area contributed by atoms with E-state index in [0.717, 1.165) is 6.54 Å². The number of piperazine rings is 1. The molecule has 0 radical (unpaired) electrons. The molecule has 0 amide bonds. The van der Waals surface area contributed by atoms with Gasteiger partial charge in [0.15, 0.2) is 0 Å². The summed E-state index contributed by atoms with van der Waals surface area (Å²) in [5, 5.41) is 3.70. The van der Waals surface area contributed by atoms with Crippen LogP contribution in [0, 0.1) is 20.8 Å². The fourth-order valence-corrected chi connectivity index (χ4v) is 5.20. The van der Waals surface area contributed by atoms with Gasteiger partial charge in [0.2, 0.25) is 10.0 Å². The topological polar surface area (TPSA) is 58.4 Å². The lowest BCUT2D eigenvalue weighted by molar-refractivity contribution is 0.0538. The standard InChI is InChI=1S/C18H24F2N4O2S/c1-13-4-6-16(7-5-13)12-22-8-10-23(11-9-22)27(25,26)17-14(2)21-24(15(17)3)18(19)20/h4-7,18H,8-12H2,1-3H3. The number of rotatable bonds is 5. The predicted octanol–water partition coefficient (Wildman–Crippen LogP) is 2.71. The summed E-state index contributed by atoms with van der Waals surface area (Å²) in [6.45, 7) is 4.59. The number of benzene rings is 1. The summed E-state index contributed by atoms with van der Waals surface area (Å²) in [5.74, 6) is 0. The molecule has 27 heavy (non-hydrogen) atoms. The van der Waals surface area contributed by atoms with E-state index in [2.05, 4.69) is 34.3 Å². The van der Waals surface area contributed by atoms with Gasteiger partial charge in [0, 0.05) is 32.7 Å². The van der Waals surface area contributed by atoms with Crippen molar-refractivity contribution in [2.45, 2.75) is 38.8 Å². The number of sulfonamides is 1. The monoisotopic (exact) mass is 398 g/mol. The molecule has 9 heteroatoms. The molecule has 0 unspecified atom stereocenters. The first-order chi connectivity index (χ1) is 12.7. The molecule has 0 aliphatic carbocycles. The van der Waals surface area contributed by atoms with Gasteiger partial charge >= 0.3 is 6.55 Å². The summed E-state index contributed by atoms with van der Waals surface area (Å²) in [7, 11) is -3.85. The second-order valence-corrected chi connectivity index (χ2v) is 8.76. The van der Waals surface area contributed by atoms with Crippen molar-refractivity contribution < 1.29 is 17.2 Å². The van der Waals surface area contributed by atoms with Crippen LogP contribution in [-0.4, -0.2) is 53.6 Å². The van der Waals surface area contributed by atoms with Gasteiger partial charge in [-0.05, 0) is 26.3 Å². The molecule has 0 atom stereocenters. The van der Waals surface area contributed by atoms with Crippen LogP contribution in [0.15, 0.2) is 29.2 Å². The van der Waals surface area contributed by atoms with E-state index >= 15 is 0 Å². The van der Waals surface area contributed by atoms with E-state index in [1.54, 1.807) is 0 Å². The average molecular weight is 398 g/mol. The van der Waals surface area contributed by atoms with Crippen LogP contribution in [0.3, 0.4) is 0 Å². The van der Waals surface area contributed by atoms with Gasteiger partial charge in [0.05, 0.1) is 11.4 Å².